The van der Waals surface area contributed by atoms with Crippen LogP contribution in [0.3, 0.4) is 0 Å². The topological polar surface area (TPSA) is 43.4 Å². The molecule has 0 saturated heterocycles. The molecular formula is C10H9FO3S. The molecule has 0 aromatic heterocycles. The summed E-state index contributed by atoms with van der Waals surface area (Å²) in [4.78, 5) is 0. The minimum absolute atomic E-state index is 0.0827. The van der Waals surface area contributed by atoms with Crippen LogP contribution in [-0.4, -0.2) is 8.42 Å². The van der Waals surface area contributed by atoms with Crippen LogP contribution in [0, 0.1) is 0 Å². The Labute approximate surface area is 87.6 Å². The van der Waals surface area contributed by atoms with E-state index < -0.39 is 10.5 Å². The standard InChI is InChI=1S/C10H9FO3S/c11-15(12,13)14-10-7-3-5-8-4-1-2-6-9(8)10/h1-2,4,6-7H,3,5H2. The van der Waals surface area contributed by atoms with Crippen LogP contribution in [0.1, 0.15) is 17.5 Å². The Morgan fingerprint density at radius 3 is 2.73 bits per heavy atom. The van der Waals surface area contributed by atoms with E-state index >= 15 is 0 Å². The Balaban J connectivity index is 2.39. The molecule has 0 aliphatic heterocycles. The molecule has 0 atom stereocenters. The molecule has 0 amide bonds. The molecule has 0 spiro atoms. The highest BCUT2D eigenvalue weighted by atomic mass is 32.3. The van der Waals surface area contributed by atoms with Crippen molar-refractivity contribution in [3.8, 4) is 0 Å². The van der Waals surface area contributed by atoms with Gasteiger partial charge in [-0.1, -0.05) is 28.2 Å². The van der Waals surface area contributed by atoms with E-state index in [0.29, 0.717) is 12.0 Å². The summed E-state index contributed by atoms with van der Waals surface area (Å²) in [6.07, 6.45) is 3.05. The number of aryl methyl sites for hydroxylation is 1. The minimum Gasteiger partial charge on any atom is -0.358 e. The number of benzene rings is 1. The van der Waals surface area contributed by atoms with Gasteiger partial charge in [-0.05, 0) is 24.5 Å². The average molecular weight is 228 g/mol. The molecule has 0 fully saturated rings. The lowest BCUT2D eigenvalue weighted by atomic mass is 9.96. The average Bonchev–Trinajstić information content (AvgIpc) is 2.16. The summed E-state index contributed by atoms with van der Waals surface area (Å²) in [5.41, 5.74) is 1.61. The van der Waals surface area contributed by atoms with Crippen molar-refractivity contribution in [2.24, 2.45) is 0 Å². The van der Waals surface area contributed by atoms with Crippen molar-refractivity contribution in [2.45, 2.75) is 12.8 Å². The second-order valence-electron chi connectivity index (χ2n) is 3.24. The van der Waals surface area contributed by atoms with Gasteiger partial charge >= 0.3 is 10.5 Å². The zero-order chi connectivity index (χ0) is 10.9. The molecule has 5 heteroatoms. The van der Waals surface area contributed by atoms with Crippen LogP contribution in [0.25, 0.3) is 5.76 Å². The lowest BCUT2D eigenvalue weighted by Gasteiger charge is -2.15. The van der Waals surface area contributed by atoms with Crippen LogP contribution in [0.4, 0.5) is 3.89 Å². The van der Waals surface area contributed by atoms with Gasteiger partial charge in [-0.25, -0.2) is 0 Å². The van der Waals surface area contributed by atoms with E-state index in [9.17, 15) is 12.3 Å². The van der Waals surface area contributed by atoms with Crippen LogP contribution in [-0.2, 0) is 21.1 Å². The van der Waals surface area contributed by atoms with Gasteiger partial charge in [0.1, 0.15) is 5.76 Å². The number of rotatable bonds is 2. The molecule has 1 aliphatic rings. The van der Waals surface area contributed by atoms with E-state index in [4.69, 9.17) is 0 Å². The smallest absolute Gasteiger partial charge is 0.358 e. The lowest BCUT2D eigenvalue weighted by molar-refractivity contribution is 0.417. The minimum atomic E-state index is -4.93. The number of allylic oxidation sites excluding steroid dienone is 1. The van der Waals surface area contributed by atoms with Crippen molar-refractivity contribution >= 4 is 16.3 Å². The first-order valence-electron chi connectivity index (χ1n) is 4.49. The number of halogens is 1. The largest absolute Gasteiger partial charge is 0.488 e. The van der Waals surface area contributed by atoms with E-state index in [1.54, 1.807) is 18.2 Å². The zero-order valence-electron chi connectivity index (χ0n) is 7.81. The van der Waals surface area contributed by atoms with Gasteiger partial charge in [-0.2, -0.15) is 8.42 Å². The zero-order valence-corrected chi connectivity index (χ0v) is 8.63. The first kappa shape index (κ1) is 10.2. The molecule has 3 nitrogen and oxygen atoms in total. The molecule has 1 aromatic carbocycles. The fraction of sp³-hybridized carbons (Fsp3) is 0.200. The second kappa shape index (κ2) is 3.66. The maximum Gasteiger partial charge on any atom is 0.488 e. The first-order chi connectivity index (χ1) is 7.06. The summed E-state index contributed by atoms with van der Waals surface area (Å²) in [6, 6.07) is 7.19. The van der Waals surface area contributed by atoms with Gasteiger partial charge in [0.15, 0.2) is 0 Å². The van der Waals surface area contributed by atoms with E-state index in [1.807, 2.05) is 12.1 Å². The first-order valence-corrected chi connectivity index (χ1v) is 5.79. The summed E-state index contributed by atoms with van der Waals surface area (Å²) in [6.45, 7) is 0. The number of hydrogen-bond acceptors (Lipinski definition) is 3. The predicted octanol–water partition coefficient (Wildman–Crippen LogP) is 2.20. The van der Waals surface area contributed by atoms with Crippen molar-refractivity contribution in [1.29, 1.82) is 0 Å². The monoisotopic (exact) mass is 228 g/mol. The molecule has 80 valence electrons. The maximum absolute atomic E-state index is 12.4. The Bertz CT molecular complexity index is 505. The van der Waals surface area contributed by atoms with Gasteiger partial charge in [0.2, 0.25) is 0 Å². The molecular weight excluding hydrogens is 219 g/mol. The Kier molecular flexibility index (Phi) is 2.48. The third-order valence-corrected chi connectivity index (χ3v) is 2.59. The molecule has 1 aromatic rings. The third kappa shape index (κ3) is 2.36. The van der Waals surface area contributed by atoms with Crippen LogP contribution in [0.2, 0.25) is 0 Å². The quantitative estimate of drug-likeness (QED) is 0.729. The summed E-state index contributed by atoms with van der Waals surface area (Å²) >= 11 is 0. The SMILES string of the molecule is O=S(=O)(F)OC1=CCCc2ccccc21. The van der Waals surface area contributed by atoms with Gasteiger partial charge in [-0.3, -0.25) is 0 Å². The Morgan fingerprint density at radius 1 is 1.27 bits per heavy atom. The van der Waals surface area contributed by atoms with E-state index in [0.717, 1.165) is 12.0 Å². The molecule has 0 saturated carbocycles. The van der Waals surface area contributed by atoms with Crippen molar-refractivity contribution in [2.75, 3.05) is 0 Å². The third-order valence-electron chi connectivity index (χ3n) is 2.22. The van der Waals surface area contributed by atoms with Crippen molar-refractivity contribution in [3.63, 3.8) is 0 Å². The number of fused-ring (bicyclic) bond motifs is 1. The van der Waals surface area contributed by atoms with E-state index in [2.05, 4.69) is 4.18 Å². The van der Waals surface area contributed by atoms with E-state index in [1.165, 1.54) is 0 Å². The molecule has 0 bridgehead atoms. The van der Waals surface area contributed by atoms with Crippen molar-refractivity contribution < 1.29 is 16.5 Å². The second-order valence-corrected chi connectivity index (χ2v) is 4.19. The van der Waals surface area contributed by atoms with E-state index in [-0.39, 0.29) is 5.76 Å². The van der Waals surface area contributed by atoms with Gasteiger partial charge in [0.05, 0.1) is 0 Å². The van der Waals surface area contributed by atoms with Crippen molar-refractivity contribution in [1.82, 2.24) is 0 Å². The van der Waals surface area contributed by atoms with Gasteiger partial charge in [0, 0.05) is 5.56 Å². The molecule has 0 unspecified atom stereocenters. The lowest BCUT2D eigenvalue weighted by Crippen LogP contribution is -2.05. The summed E-state index contributed by atoms with van der Waals surface area (Å²) in [5.74, 6) is 0.0827. The highest BCUT2D eigenvalue weighted by Gasteiger charge is 2.18. The molecule has 15 heavy (non-hydrogen) atoms. The van der Waals surface area contributed by atoms with Crippen LogP contribution in [0.5, 0.6) is 0 Å². The van der Waals surface area contributed by atoms with Crippen LogP contribution < -0.4 is 0 Å². The molecule has 1 aliphatic carbocycles. The molecule has 0 N–H and O–H groups in total. The maximum atomic E-state index is 12.4. The highest BCUT2D eigenvalue weighted by molar-refractivity contribution is 7.81. The Hall–Kier alpha value is -1.36. The molecule has 2 rings (SSSR count). The Morgan fingerprint density at radius 2 is 2.00 bits per heavy atom. The highest BCUT2D eigenvalue weighted by Crippen LogP contribution is 2.28. The van der Waals surface area contributed by atoms with Gasteiger partial charge < -0.3 is 4.18 Å². The molecule has 0 radical (unpaired) electrons. The van der Waals surface area contributed by atoms with Crippen LogP contribution in [0.15, 0.2) is 30.3 Å². The fourth-order valence-electron chi connectivity index (χ4n) is 1.63. The predicted molar refractivity (Wildman–Crippen MR) is 53.9 cm³/mol. The van der Waals surface area contributed by atoms with Gasteiger partial charge in [0.25, 0.3) is 0 Å². The van der Waals surface area contributed by atoms with Crippen molar-refractivity contribution in [3.05, 3.63) is 41.5 Å². The number of hydrogen-bond donors (Lipinski definition) is 0. The molecule has 0 heterocycles. The summed E-state index contributed by atoms with van der Waals surface area (Å²) < 4.78 is 37.4. The van der Waals surface area contributed by atoms with Gasteiger partial charge in [-0.15, -0.1) is 0 Å². The summed E-state index contributed by atoms with van der Waals surface area (Å²) in [5, 5.41) is 0. The van der Waals surface area contributed by atoms with Crippen LogP contribution >= 0.6 is 0 Å². The normalized spacial score (nSPS) is 15.4. The summed E-state index contributed by atoms with van der Waals surface area (Å²) in [7, 11) is -4.93. The fourth-order valence-corrected chi connectivity index (χ4v) is 2.01.